The Morgan fingerprint density at radius 1 is 1.18 bits per heavy atom. The highest BCUT2D eigenvalue weighted by molar-refractivity contribution is 5.98. The molecule has 2 atom stereocenters. The topological polar surface area (TPSA) is 113 Å². The molecule has 1 amide bonds. The van der Waals surface area contributed by atoms with E-state index in [1.807, 2.05) is 13.8 Å². The fourth-order valence-electron chi connectivity index (χ4n) is 2.40. The Balaban J connectivity index is 2.84. The van der Waals surface area contributed by atoms with Crippen molar-refractivity contribution in [2.24, 2.45) is 5.92 Å². The highest BCUT2D eigenvalue weighted by Gasteiger charge is 2.25. The average molecular weight is 396 g/mol. The standard InChI is InChI=1S/C19H28N2O7/c1-11(2)9-12(3)28-19(24)13(4)21-18(23)16-17(27-10-26-14(5)22)15(25-6)7-8-20-16/h7-8,11-13H,9-10H2,1-6H3,(H,21,23)/t12?,13-/m0/s1. The second-order valence-electron chi connectivity index (χ2n) is 6.66. The summed E-state index contributed by atoms with van der Waals surface area (Å²) in [5.41, 5.74) is -0.110. The fourth-order valence-corrected chi connectivity index (χ4v) is 2.40. The van der Waals surface area contributed by atoms with Crippen molar-refractivity contribution in [1.29, 1.82) is 0 Å². The van der Waals surface area contributed by atoms with Gasteiger partial charge in [-0.15, -0.1) is 0 Å². The molecule has 1 rings (SSSR count). The molecule has 1 unspecified atom stereocenters. The molecule has 0 bridgehead atoms. The van der Waals surface area contributed by atoms with Gasteiger partial charge in [0.1, 0.15) is 6.04 Å². The first-order valence-corrected chi connectivity index (χ1v) is 8.96. The van der Waals surface area contributed by atoms with Crippen LogP contribution in [0.5, 0.6) is 11.5 Å². The summed E-state index contributed by atoms with van der Waals surface area (Å²) in [6.07, 6.45) is 1.82. The van der Waals surface area contributed by atoms with Gasteiger partial charge in [0.15, 0.2) is 17.2 Å². The lowest BCUT2D eigenvalue weighted by molar-refractivity contribution is -0.151. The smallest absolute Gasteiger partial charge is 0.328 e. The SMILES string of the molecule is COc1ccnc(C(=O)N[C@@H](C)C(=O)OC(C)CC(C)C)c1OCOC(C)=O. The number of ether oxygens (including phenoxy) is 4. The fraction of sp³-hybridized carbons (Fsp3) is 0.579. The summed E-state index contributed by atoms with van der Waals surface area (Å²) in [4.78, 5) is 39.7. The van der Waals surface area contributed by atoms with Gasteiger partial charge in [0.05, 0.1) is 13.2 Å². The van der Waals surface area contributed by atoms with E-state index in [0.29, 0.717) is 5.92 Å². The van der Waals surface area contributed by atoms with Crippen LogP contribution in [0.1, 0.15) is 51.5 Å². The summed E-state index contributed by atoms with van der Waals surface area (Å²) in [5.74, 6) is -1.14. The van der Waals surface area contributed by atoms with Gasteiger partial charge in [0, 0.05) is 19.2 Å². The quantitative estimate of drug-likeness (QED) is 0.472. The monoisotopic (exact) mass is 396 g/mol. The lowest BCUT2D eigenvalue weighted by Gasteiger charge is -2.19. The molecule has 1 heterocycles. The molecule has 0 spiro atoms. The maximum atomic E-state index is 12.6. The lowest BCUT2D eigenvalue weighted by Crippen LogP contribution is -2.41. The average Bonchev–Trinajstić information content (AvgIpc) is 2.60. The van der Waals surface area contributed by atoms with Crippen molar-refractivity contribution in [3.63, 3.8) is 0 Å². The maximum Gasteiger partial charge on any atom is 0.328 e. The Bertz CT molecular complexity index is 691. The first-order valence-electron chi connectivity index (χ1n) is 8.96. The molecule has 9 nitrogen and oxygen atoms in total. The van der Waals surface area contributed by atoms with E-state index in [0.717, 1.165) is 6.42 Å². The van der Waals surface area contributed by atoms with Gasteiger partial charge in [0.25, 0.3) is 5.91 Å². The number of rotatable bonds is 10. The predicted molar refractivity (Wildman–Crippen MR) is 100.0 cm³/mol. The molecule has 0 saturated heterocycles. The molecule has 1 aromatic rings. The number of pyridine rings is 1. The molecule has 0 aromatic carbocycles. The zero-order chi connectivity index (χ0) is 21.3. The summed E-state index contributed by atoms with van der Waals surface area (Å²) in [7, 11) is 1.39. The third kappa shape index (κ3) is 7.42. The first-order chi connectivity index (χ1) is 13.1. The minimum atomic E-state index is -0.892. The largest absolute Gasteiger partial charge is 0.493 e. The molecule has 0 fully saturated rings. The van der Waals surface area contributed by atoms with Gasteiger partial charge in [-0.1, -0.05) is 13.8 Å². The highest BCUT2D eigenvalue weighted by Crippen LogP contribution is 2.29. The normalized spacial score (nSPS) is 12.7. The van der Waals surface area contributed by atoms with E-state index in [2.05, 4.69) is 10.3 Å². The maximum absolute atomic E-state index is 12.6. The van der Waals surface area contributed by atoms with E-state index >= 15 is 0 Å². The number of hydrogen-bond acceptors (Lipinski definition) is 8. The van der Waals surface area contributed by atoms with Crippen molar-refractivity contribution < 1.29 is 33.3 Å². The Kier molecular flexibility index (Phi) is 9.20. The number of aromatic nitrogens is 1. The Hall–Kier alpha value is -2.84. The van der Waals surface area contributed by atoms with Crippen molar-refractivity contribution >= 4 is 17.8 Å². The van der Waals surface area contributed by atoms with Crippen LogP contribution in [0.2, 0.25) is 0 Å². The minimum absolute atomic E-state index is 0.00232. The Morgan fingerprint density at radius 3 is 2.43 bits per heavy atom. The molecule has 0 aliphatic carbocycles. The van der Waals surface area contributed by atoms with E-state index in [-0.39, 0.29) is 23.3 Å². The molecule has 28 heavy (non-hydrogen) atoms. The summed E-state index contributed by atoms with van der Waals surface area (Å²) >= 11 is 0. The van der Waals surface area contributed by atoms with Gasteiger partial charge >= 0.3 is 11.9 Å². The number of esters is 2. The number of nitrogens with zero attached hydrogens (tertiary/aromatic N) is 1. The van der Waals surface area contributed by atoms with Gasteiger partial charge in [-0.25, -0.2) is 9.78 Å². The van der Waals surface area contributed by atoms with Crippen LogP contribution in [0.3, 0.4) is 0 Å². The van der Waals surface area contributed by atoms with E-state index < -0.39 is 30.7 Å². The molecule has 0 aliphatic rings. The lowest BCUT2D eigenvalue weighted by atomic mass is 10.1. The summed E-state index contributed by atoms with van der Waals surface area (Å²) in [5, 5.41) is 2.53. The van der Waals surface area contributed by atoms with Crippen molar-refractivity contribution in [1.82, 2.24) is 10.3 Å². The van der Waals surface area contributed by atoms with E-state index in [4.69, 9.17) is 18.9 Å². The van der Waals surface area contributed by atoms with E-state index in [1.165, 1.54) is 33.2 Å². The molecule has 0 aliphatic heterocycles. The molecule has 0 saturated carbocycles. The van der Waals surface area contributed by atoms with Crippen molar-refractivity contribution in [3.05, 3.63) is 18.0 Å². The van der Waals surface area contributed by atoms with Crippen molar-refractivity contribution in [3.8, 4) is 11.5 Å². The van der Waals surface area contributed by atoms with Gasteiger partial charge in [-0.05, 0) is 26.2 Å². The van der Waals surface area contributed by atoms with E-state index in [9.17, 15) is 14.4 Å². The van der Waals surface area contributed by atoms with Crippen LogP contribution in [0.15, 0.2) is 12.3 Å². The number of amides is 1. The molecular formula is C19H28N2O7. The Morgan fingerprint density at radius 2 is 1.86 bits per heavy atom. The number of carbonyl (C=O) groups is 3. The van der Waals surface area contributed by atoms with Crippen LogP contribution >= 0.6 is 0 Å². The summed E-state index contributed by atoms with van der Waals surface area (Å²) in [6, 6.07) is 0.599. The number of nitrogens with one attached hydrogen (secondary N) is 1. The number of methoxy groups -OCH3 is 1. The second-order valence-corrected chi connectivity index (χ2v) is 6.66. The molecule has 0 radical (unpaired) electrons. The summed E-state index contributed by atoms with van der Waals surface area (Å²) < 4.78 is 20.6. The van der Waals surface area contributed by atoms with Crippen LogP contribution in [-0.4, -0.2) is 48.9 Å². The summed E-state index contributed by atoms with van der Waals surface area (Å²) in [6.45, 7) is 8.19. The first kappa shape index (κ1) is 23.2. The van der Waals surface area contributed by atoms with Crippen LogP contribution < -0.4 is 14.8 Å². The molecule has 156 valence electrons. The Labute approximate surface area is 164 Å². The van der Waals surface area contributed by atoms with Crippen molar-refractivity contribution in [2.45, 2.75) is 53.2 Å². The molecule has 1 N–H and O–H groups in total. The van der Waals surface area contributed by atoms with Gasteiger partial charge < -0.3 is 24.3 Å². The highest BCUT2D eigenvalue weighted by atomic mass is 16.7. The zero-order valence-corrected chi connectivity index (χ0v) is 17.1. The van der Waals surface area contributed by atoms with Crippen molar-refractivity contribution in [2.75, 3.05) is 13.9 Å². The third-order valence-electron chi connectivity index (χ3n) is 3.59. The molecular weight excluding hydrogens is 368 g/mol. The van der Waals surface area contributed by atoms with Crippen LogP contribution in [0.4, 0.5) is 0 Å². The minimum Gasteiger partial charge on any atom is -0.493 e. The number of hydrogen-bond donors (Lipinski definition) is 1. The van der Waals surface area contributed by atoms with Gasteiger partial charge in [-0.2, -0.15) is 0 Å². The zero-order valence-electron chi connectivity index (χ0n) is 17.1. The van der Waals surface area contributed by atoms with Gasteiger partial charge in [-0.3, -0.25) is 9.59 Å². The number of carbonyl (C=O) groups excluding carboxylic acids is 3. The second kappa shape index (κ2) is 11.1. The van der Waals surface area contributed by atoms with E-state index in [1.54, 1.807) is 6.92 Å². The van der Waals surface area contributed by atoms with Crippen LogP contribution in [0.25, 0.3) is 0 Å². The molecule has 1 aromatic heterocycles. The third-order valence-corrected chi connectivity index (χ3v) is 3.59. The predicted octanol–water partition coefficient (Wildman–Crippen LogP) is 2.09. The van der Waals surface area contributed by atoms with Gasteiger partial charge in [0.2, 0.25) is 6.79 Å². The van der Waals surface area contributed by atoms with Crippen LogP contribution in [-0.2, 0) is 19.1 Å². The molecule has 9 heteroatoms. The van der Waals surface area contributed by atoms with Crippen LogP contribution in [0, 0.1) is 5.92 Å².